The van der Waals surface area contributed by atoms with Gasteiger partial charge in [0.1, 0.15) is 5.65 Å². The van der Waals surface area contributed by atoms with Crippen molar-refractivity contribution in [3.05, 3.63) is 72.7 Å². The first-order valence-electron chi connectivity index (χ1n) is 9.61. The number of anilines is 1. The first-order chi connectivity index (χ1) is 13.8. The predicted molar refractivity (Wildman–Crippen MR) is 113 cm³/mol. The molecule has 0 atom stereocenters. The van der Waals surface area contributed by atoms with E-state index in [0.717, 1.165) is 22.6 Å². The molecule has 3 rings (SSSR count). The van der Waals surface area contributed by atoms with Crippen LogP contribution < -0.4 is 22.1 Å². The molecule has 0 fully saturated rings. The number of hydrogen-bond acceptors (Lipinski definition) is 4. The molecule has 1 aromatic carbocycles. The summed E-state index contributed by atoms with van der Waals surface area (Å²) in [4.78, 5) is 51.2. The van der Waals surface area contributed by atoms with Gasteiger partial charge >= 0.3 is 5.69 Å². The quantitative estimate of drug-likeness (QED) is 0.710. The van der Waals surface area contributed by atoms with E-state index >= 15 is 0 Å². The second-order valence-corrected chi connectivity index (χ2v) is 6.73. The Labute approximate surface area is 167 Å². The standard InChI is InChI=1S/C21H24N4O4/c1-5-13-8-10-14(11-9-13)22-18(27)15-12-16(26)24(6-2)19-17(15)20(28)25(7-3)21(29)23(19)4/h8-12H,5-7H2,1-4H3,(H,22,27). The maximum absolute atomic E-state index is 13.0. The molecule has 8 nitrogen and oxygen atoms in total. The van der Waals surface area contributed by atoms with E-state index in [-0.39, 0.29) is 29.7 Å². The number of aryl methyl sites for hydroxylation is 3. The molecule has 0 saturated carbocycles. The molecule has 0 spiro atoms. The lowest BCUT2D eigenvalue weighted by atomic mass is 10.1. The number of rotatable bonds is 5. The maximum Gasteiger partial charge on any atom is 0.332 e. The highest BCUT2D eigenvalue weighted by Gasteiger charge is 2.22. The van der Waals surface area contributed by atoms with Crippen molar-refractivity contribution in [1.82, 2.24) is 13.7 Å². The van der Waals surface area contributed by atoms with Crippen LogP contribution in [-0.2, 0) is 26.6 Å². The SMILES string of the molecule is CCc1ccc(NC(=O)c2cc(=O)n(CC)c3c2c(=O)n(CC)c(=O)n3C)cc1. The smallest absolute Gasteiger partial charge is 0.322 e. The lowest BCUT2D eigenvalue weighted by Crippen LogP contribution is -2.42. The fourth-order valence-electron chi connectivity index (χ4n) is 3.47. The Morgan fingerprint density at radius 3 is 2.14 bits per heavy atom. The Kier molecular flexibility index (Phi) is 5.54. The predicted octanol–water partition coefficient (Wildman–Crippen LogP) is 1.72. The molecule has 2 aromatic heterocycles. The van der Waals surface area contributed by atoms with Crippen LogP contribution in [0.3, 0.4) is 0 Å². The first kappa shape index (κ1) is 20.3. The van der Waals surface area contributed by atoms with Crippen LogP contribution in [0.2, 0.25) is 0 Å². The molecule has 1 N–H and O–H groups in total. The van der Waals surface area contributed by atoms with E-state index in [1.807, 2.05) is 19.1 Å². The van der Waals surface area contributed by atoms with Gasteiger partial charge in [-0.15, -0.1) is 0 Å². The summed E-state index contributed by atoms with van der Waals surface area (Å²) in [6.07, 6.45) is 0.874. The Hall–Kier alpha value is -3.42. The van der Waals surface area contributed by atoms with Crippen molar-refractivity contribution >= 4 is 22.6 Å². The van der Waals surface area contributed by atoms with Crippen LogP contribution in [0.4, 0.5) is 5.69 Å². The fourth-order valence-corrected chi connectivity index (χ4v) is 3.47. The van der Waals surface area contributed by atoms with Crippen molar-refractivity contribution in [1.29, 1.82) is 0 Å². The van der Waals surface area contributed by atoms with Crippen LogP contribution in [0.5, 0.6) is 0 Å². The van der Waals surface area contributed by atoms with Gasteiger partial charge in [-0.2, -0.15) is 0 Å². The Bertz CT molecular complexity index is 1260. The van der Waals surface area contributed by atoms with E-state index in [0.29, 0.717) is 5.69 Å². The molecule has 0 unspecified atom stereocenters. The van der Waals surface area contributed by atoms with Crippen molar-refractivity contribution < 1.29 is 4.79 Å². The number of carbonyl (C=O) groups is 1. The molecule has 0 saturated heterocycles. The highest BCUT2D eigenvalue weighted by molar-refractivity contribution is 6.11. The summed E-state index contributed by atoms with van der Waals surface area (Å²) >= 11 is 0. The Morgan fingerprint density at radius 2 is 1.59 bits per heavy atom. The largest absolute Gasteiger partial charge is 0.332 e. The molecule has 1 amide bonds. The molecule has 0 aliphatic rings. The summed E-state index contributed by atoms with van der Waals surface area (Å²) < 4.78 is 3.63. The molecular weight excluding hydrogens is 372 g/mol. The van der Waals surface area contributed by atoms with E-state index in [2.05, 4.69) is 5.32 Å². The number of nitrogens with zero attached hydrogens (tertiary/aromatic N) is 3. The van der Waals surface area contributed by atoms with Crippen molar-refractivity contribution in [2.45, 2.75) is 40.3 Å². The molecule has 2 heterocycles. The summed E-state index contributed by atoms with van der Waals surface area (Å²) in [5.41, 5.74) is 0.220. The van der Waals surface area contributed by atoms with Crippen LogP contribution in [0.15, 0.2) is 44.7 Å². The number of benzene rings is 1. The van der Waals surface area contributed by atoms with Gasteiger partial charge in [0.15, 0.2) is 0 Å². The van der Waals surface area contributed by atoms with Crippen LogP contribution in [-0.4, -0.2) is 19.6 Å². The lowest BCUT2D eigenvalue weighted by molar-refractivity contribution is 0.102. The number of fused-ring (bicyclic) bond motifs is 1. The summed E-state index contributed by atoms with van der Waals surface area (Å²) in [6.45, 7) is 5.88. The van der Waals surface area contributed by atoms with Crippen molar-refractivity contribution in [3.63, 3.8) is 0 Å². The molecule has 8 heteroatoms. The Balaban J connectivity index is 2.28. The summed E-state index contributed by atoms with van der Waals surface area (Å²) in [5, 5.41) is 2.80. The van der Waals surface area contributed by atoms with Crippen LogP contribution in [0.25, 0.3) is 11.0 Å². The van der Waals surface area contributed by atoms with Gasteiger partial charge in [0.25, 0.3) is 17.0 Å². The number of pyridine rings is 1. The first-order valence-corrected chi connectivity index (χ1v) is 9.61. The summed E-state index contributed by atoms with van der Waals surface area (Å²) in [7, 11) is 1.49. The topological polar surface area (TPSA) is 95.1 Å². The van der Waals surface area contributed by atoms with Gasteiger partial charge in [-0.1, -0.05) is 19.1 Å². The molecule has 0 aliphatic carbocycles. The molecule has 29 heavy (non-hydrogen) atoms. The lowest BCUT2D eigenvalue weighted by Gasteiger charge is -2.16. The second-order valence-electron chi connectivity index (χ2n) is 6.73. The van der Waals surface area contributed by atoms with E-state index in [9.17, 15) is 19.2 Å². The van der Waals surface area contributed by atoms with Gasteiger partial charge in [0, 0.05) is 31.9 Å². The van der Waals surface area contributed by atoms with Gasteiger partial charge in [-0.25, -0.2) is 4.79 Å². The summed E-state index contributed by atoms with van der Waals surface area (Å²) in [6, 6.07) is 8.50. The monoisotopic (exact) mass is 396 g/mol. The molecule has 3 aromatic rings. The van der Waals surface area contributed by atoms with Crippen LogP contribution in [0.1, 0.15) is 36.7 Å². The minimum absolute atomic E-state index is 0.0444. The molecule has 0 aliphatic heterocycles. The van der Waals surface area contributed by atoms with E-state index < -0.39 is 22.7 Å². The van der Waals surface area contributed by atoms with Crippen molar-refractivity contribution in [3.8, 4) is 0 Å². The number of aromatic nitrogens is 3. The highest BCUT2D eigenvalue weighted by Crippen LogP contribution is 2.16. The van der Waals surface area contributed by atoms with Gasteiger partial charge in [0.2, 0.25) is 0 Å². The van der Waals surface area contributed by atoms with E-state index in [4.69, 9.17) is 0 Å². The molecular formula is C21H24N4O4. The third-order valence-electron chi connectivity index (χ3n) is 5.07. The van der Waals surface area contributed by atoms with Gasteiger partial charge in [-0.3, -0.25) is 28.1 Å². The molecule has 0 radical (unpaired) electrons. The minimum Gasteiger partial charge on any atom is -0.322 e. The van der Waals surface area contributed by atoms with E-state index in [1.165, 1.54) is 16.2 Å². The second kappa shape index (κ2) is 7.90. The number of carbonyl (C=O) groups excluding carboxylic acids is 1. The summed E-state index contributed by atoms with van der Waals surface area (Å²) in [5.74, 6) is -0.571. The maximum atomic E-state index is 13.0. The number of amides is 1. The minimum atomic E-state index is -0.584. The van der Waals surface area contributed by atoms with Crippen molar-refractivity contribution in [2.75, 3.05) is 5.32 Å². The molecule has 0 bridgehead atoms. The highest BCUT2D eigenvalue weighted by atomic mass is 16.2. The van der Waals surface area contributed by atoms with Gasteiger partial charge in [-0.05, 0) is 38.0 Å². The third kappa shape index (κ3) is 3.41. The third-order valence-corrected chi connectivity index (χ3v) is 5.07. The number of nitrogens with one attached hydrogen (secondary N) is 1. The zero-order chi connectivity index (χ0) is 21.3. The Morgan fingerprint density at radius 1 is 0.966 bits per heavy atom. The van der Waals surface area contributed by atoms with Crippen molar-refractivity contribution in [2.24, 2.45) is 7.05 Å². The zero-order valence-electron chi connectivity index (χ0n) is 17.0. The normalized spacial score (nSPS) is 11.0. The van der Waals surface area contributed by atoms with Crippen LogP contribution >= 0.6 is 0 Å². The molecule has 152 valence electrons. The van der Waals surface area contributed by atoms with Gasteiger partial charge < -0.3 is 5.32 Å². The van der Waals surface area contributed by atoms with E-state index in [1.54, 1.807) is 26.0 Å². The van der Waals surface area contributed by atoms with Gasteiger partial charge in [0.05, 0.1) is 10.9 Å². The van der Waals surface area contributed by atoms with Crippen LogP contribution in [0, 0.1) is 0 Å². The average Bonchev–Trinajstić information content (AvgIpc) is 2.72. The average molecular weight is 396 g/mol. The number of hydrogen-bond donors (Lipinski definition) is 1. The zero-order valence-corrected chi connectivity index (χ0v) is 17.0. The fraction of sp³-hybridized carbons (Fsp3) is 0.333.